The summed E-state index contributed by atoms with van der Waals surface area (Å²) in [6.07, 6.45) is 2.53. The topological polar surface area (TPSA) is 81.0 Å². The van der Waals surface area contributed by atoms with E-state index in [2.05, 4.69) is 9.97 Å². The molecule has 5 heteroatoms. The summed E-state index contributed by atoms with van der Waals surface area (Å²) in [4.78, 5) is 18.0. The van der Waals surface area contributed by atoms with E-state index in [1.165, 1.54) is 0 Å². The number of aryl methyl sites for hydroxylation is 1. The Morgan fingerprint density at radius 2 is 2.27 bits per heavy atom. The van der Waals surface area contributed by atoms with Crippen molar-refractivity contribution in [2.45, 2.75) is 39.2 Å². The number of nitrogens with one attached hydrogen (secondary N) is 1. The van der Waals surface area contributed by atoms with Crippen LogP contribution in [0.3, 0.4) is 0 Å². The van der Waals surface area contributed by atoms with Crippen LogP contribution < -0.4 is 5.73 Å². The monoisotopic (exact) mass is 211 g/mol. The lowest BCUT2D eigenvalue weighted by atomic mass is 10.2. The number of nitrogen functional groups attached to an aromatic ring is 1. The molecule has 0 fully saturated rings. The summed E-state index contributed by atoms with van der Waals surface area (Å²) < 4.78 is 5.16. The molecule has 0 aromatic carbocycles. The molecule has 84 valence electrons. The number of carbonyl (C=O) groups excluding carboxylic acids is 1. The minimum atomic E-state index is -0.426. The van der Waals surface area contributed by atoms with E-state index in [0.29, 0.717) is 18.8 Å². The number of hydrogen-bond acceptors (Lipinski definition) is 4. The summed E-state index contributed by atoms with van der Waals surface area (Å²) in [6, 6.07) is 0. The second kappa shape index (κ2) is 4.33. The van der Waals surface area contributed by atoms with Crippen molar-refractivity contribution in [3.8, 4) is 0 Å². The highest BCUT2D eigenvalue weighted by Crippen LogP contribution is 2.10. The fraction of sp³-hybridized carbons (Fsp3) is 0.600. The third-order valence-electron chi connectivity index (χ3n) is 1.67. The lowest BCUT2D eigenvalue weighted by Gasteiger charge is -2.19. The van der Waals surface area contributed by atoms with Crippen LogP contribution in [0, 0.1) is 0 Å². The van der Waals surface area contributed by atoms with Crippen molar-refractivity contribution in [3.63, 3.8) is 0 Å². The number of anilines is 1. The smallest absolute Gasteiger partial charge is 0.306 e. The molecule has 0 atom stereocenters. The standard InChI is InChI=1S/C10H17N3O2/c1-10(2,3)15-8(14)5-4-7-6-12-9(11)13-7/h6H,4-5H2,1-3H3,(H3,11,12,13). The van der Waals surface area contributed by atoms with Gasteiger partial charge in [0.1, 0.15) is 5.60 Å². The molecule has 5 nitrogen and oxygen atoms in total. The quantitative estimate of drug-likeness (QED) is 0.738. The van der Waals surface area contributed by atoms with Gasteiger partial charge in [0.05, 0.1) is 12.6 Å². The van der Waals surface area contributed by atoms with Crippen molar-refractivity contribution < 1.29 is 9.53 Å². The van der Waals surface area contributed by atoms with Crippen LogP contribution in [0.5, 0.6) is 0 Å². The molecule has 0 spiro atoms. The molecule has 15 heavy (non-hydrogen) atoms. The number of aromatic amines is 1. The third kappa shape index (κ3) is 4.49. The average molecular weight is 211 g/mol. The summed E-state index contributed by atoms with van der Waals surface area (Å²) in [5.41, 5.74) is 5.82. The minimum Gasteiger partial charge on any atom is -0.460 e. The van der Waals surface area contributed by atoms with Gasteiger partial charge in [-0.25, -0.2) is 4.98 Å². The Bertz CT molecular complexity index is 339. The normalized spacial score (nSPS) is 11.4. The van der Waals surface area contributed by atoms with Crippen LogP contribution >= 0.6 is 0 Å². The molecule has 0 aliphatic carbocycles. The Hall–Kier alpha value is -1.52. The highest BCUT2D eigenvalue weighted by molar-refractivity contribution is 5.70. The molecule has 0 saturated carbocycles. The number of carbonyl (C=O) groups is 1. The number of esters is 1. The molecule has 0 aliphatic heterocycles. The Labute approximate surface area is 89.0 Å². The van der Waals surface area contributed by atoms with E-state index in [4.69, 9.17) is 10.5 Å². The number of nitrogens with two attached hydrogens (primary N) is 1. The summed E-state index contributed by atoms with van der Waals surface area (Å²) in [5.74, 6) is 0.157. The van der Waals surface area contributed by atoms with Crippen LogP contribution in [0.2, 0.25) is 0 Å². The van der Waals surface area contributed by atoms with Gasteiger partial charge in [-0.05, 0) is 27.2 Å². The van der Waals surface area contributed by atoms with Crippen molar-refractivity contribution in [2.24, 2.45) is 0 Å². The maximum Gasteiger partial charge on any atom is 0.306 e. The molecular formula is C10H17N3O2. The molecule has 1 heterocycles. The maximum atomic E-state index is 11.4. The molecule has 0 radical (unpaired) electrons. The van der Waals surface area contributed by atoms with E-state index in [9.17, 15) is 4.79 Å². The van der Waals surface area contributed by atoms with Crippen LogP contribution in [-0.4, -0.2) is 21.5 Å². The van der Waals surface area contributed by atoms with Gasteiger partial charge >= 0.3 is 5.97 Å². The average Bonchev–Trinajstić information content (AvgIpc) is 2.45. The largest absolute Gasteiger partial charge is 0.460 e. The zero-order valence-corrected chi connectivity index (χ0v) is 9.33. The number of H-pyrrole nitrogens is 1. The Kier molecular flexibility index (Phi) is 3.34. The first-order chi connectivity index (χ1) is 6.87. The molecule has 0 aliphatic rings. The van der Waals surface area contributed by atoms with Crippen molar-refractivity contribution in [3.05, 3.63) is 11.9 Å². The van der Waals surface area contributed by atoms with Gasteiger partial charge in [-0.2, -0.15) is 0 Å². The van der Waals surface area contributed by atoms with E-state index >= 15 is 0 Å². The molecule has 0 unspecified atom stereocenters. The van der Waals surface area contributed by atoms with E-state index < -0.39 is 5.60 Å². The van der Waals surface area contributed by atoms with Crippen molar-refractivity contribution in [1.82, 2.24) is 9.97 Å². The molecule has 0 bridgehead atoms. The van der Waals surface area contributed by atoms with E-state index in [-0.39, 0.29) is 5.97 Å². The van der Waals surface area contributed by atoms with Gasteiger partial charge in [0.15, 0.2) is 5.95 Å². The molecule has 1 aromatic heterocycles. The van der Waals surface area contributed by atoms with Crippen LogP contribution in [0.4, 0.5) is 5.95 Å². The fourth-order valence-electron chi connectivity index (χ4n) is 1.13. The van der Waals surface area contributed by atoms with E-state index in [0.717, 1.165) is 5.69 Å². The van der Waals surface area contributed by atoms with Gasteiger partial charge in [-0.1, -0.05) is 0 Å². The summed E-state index contributed by atoms with van der Waals surface area (Å²) >= 11 is 0. The Balaban J connectivity index is 2.35. The summed E-state index contributed by atoms with van der Waals surface area (Å²) in [5, 5.41) is 0. The second-order valence-electron chi connectivity index (χ2n) is 4.38. The first-order valence-corrected chi connectivity index (χ1v) is 4.88. The fourth-order valence-corrected chi connectivity index (χ4v) is 1.13. The van der Waals surface area contributed by atoms with Gasteiger partial charge < -0.3 is 15.5 Å². The maximum absolute atomic E-state index is 11.4. The number of imidazole rings is 1. The second-order valence-corrected chi connectivity index (χ2v) is 4.38. The SMILES string of the molecule is CC(C)(C)OC(=O)CCc1cnc(N)[nH]1. The number of nitrogens with zero attached hydrogens (tertiary/aromatic N) is 1. The predicted octanol–water partition coefficient (Wildman–Crippen LogP) is 1.27. The van der Waals surface area contributed by atoms with E-state index in [1.54, 1.807) is 6.20 Å². The van der Waals surface area contributed by atoms with Crippen LogP contribution in [0.25, 0.3) is 0 Å². The molecule has 0 amide bonds. The number of aromatic nitrogens is 2. The Morgan fingerprint density at radius 1 is 1.60 bits per heavy atom. The van der Waals surface area contributed by atoms with Gasteiger partial charge in [-0.3, -0.25) is 4.79 Å². The first-order valence-electron chi connectivity index (χ1n) is 4.88. The zero-order chi connectivity index (χ0) is 11.5. The third-order valence-corrected chi connectivity index (χ3v) is 1.67. The van der Waals surface area contributed by atoms with Gasteiger partial charge in [-0.15, -0.1) is 0 Å². The first kappa shape index (κ1) is 11.6. The molecular weight excluding hydrogens is 194 g/mol. The zero-order valence-electron chi connectivity index (χ0n) is 9.33. The van der Waals surface area contributed by atoms with Crippen molar-refractivity contribution >= 4 is 11.9 Å². The Morgan fingerprint density at radius 3 is 2.73 bits per heavy atom. The van der Waals surface area contributed by atoms with Gasteiger partial charge in [0, 0.05) is 5.69 Å². The lowest BCUT2D eigenvalue weighted by Crippen LogP contribution is -2.24. The summed E-state index contributed by atoms with van der Waals surface area (Å²) in [7, 11) is 0. The van der Waals surface area contributed by atoms with E-state index in [1.807, 2.05) is 20.8 Å². The predicted molar refractivity (Wildman–Crippen MR) is 57.2 cm³/mol. The lowest BCUT2D eigenvalue weighted by molar-refractivity contribution is -0.154. The van der Waals surface area contributed by atoms with Crippen LogP contribution in [0.1, 0.15) is 32.9 Å². The number of hydrogen-bond donors (Lipinski definition) is 2. The highest BCUT2D eigenvalue weighted by Gasteiger charge is 2.16. The van der Waals surface area contributed by atoms with Crippen LogP contribution in [-0.2, 0) is 16.0 Å². The van der Waals surface area contributed by atoms with Crippen molar-refractivity contribution in [1.29, 1.82) is 0 Å². The molecule has 1 aromatic rings. The molecule has 1 rings (SSSR count). The van der Waals surface area contributed by atoms with Crippen molar-refractivity contribution in [2.75, 3.05) is 5.73 Å². The molecule has 0 saturated heterocycles. The highest BCUT2D eigenvalue weighted by atomic mass is 16.6. The minimum absolute atomic E-state index is 0.212. The summed E-state index contributed by atoms with van der Waals surface area (Å²) in [6.45, 7) is 5.54. The van der Waals surface area contributed by atoms with Gasteiger partial charge in [0.25, 0.3) is 0 Å². The number of ether oxygens (including phenoxy) is 1. The number of rotatable bonds is 3. The van der Waals surface area contributed by atoms with Gasteiger partial charge in [0.2, 0.25) is 0 Å². The molecule has 3 N–H and O–H groups in total. The van der Waals surface area contributed by atoms with Crippen LogP contribution in [0.15, 0.2) is 6.20 Å².